The maximum absolute atomic E-state index is 12.4. The van der Waals surface area contributed by atoms with Crippen molar-refractivity contribution in [2.75, 3.05) is 19.6 Å². The number of piperidine rings is 1. The summed E-state index contributed by atoms with van der Waals surface area (Å²) in [5.74, 6) is 2.10. The fourth-order valence-corrected chi connectivity index (χ4v) is 4.13. The van der Waals surface area contributed by atoms with Crippen LogP contribution in [0.1, 0.15) is 52.9 Å². The Morgan fingerprint density at radius 1 is 1.14 bits per heavy atom. The van der Waals surface area contributed by atoms with Crippen LogP contribution in [-0.4, -0.2) is 42.5 Å². The number of hydrogen-bond donors (Lipinski definition) is 2. The third kappa shape index (κ3) is 4.84. The second-order valence-electron chi connectivity index (χ2n) is 7.33. The number of hydrogen-bond acceptors (Lipinski definition) is 3. The molecule has 0 bridgehead atoms. The van der Waals surface area contributed by atoms with Crippen LogP contribution in [-0.2, 0) is 4.79 Å². The fraction of sp³-hybridized carbons (Fsp3) is 0.941. The summed E-state index contributed by atoms with van der Waals surface area (Å²) in [5.41, 5.74) is 5.91. The molecule has 0 aromatic heterocycles. The number of amides is 1. The van der Waals surface area contributed by atoms with Crippen molar-refractivity contribution in [1.82, 2.24) is 10.2 Å². The van der Waals surface area contributed by atoms with E-state index in [1.165, 1.54) is 25.7 Å². The van der Waals surface area contributed by atoms with Gasteiger partial charge in [-0.3, -0.25) is 9.69 Å². The van der Waals surface area contributed by atoms with E-state index in [2.05, 4.69) is 31.0 Å². The van der Waals surface area contributed by atoms with Gasteiger partial charge in [-0.25, -0.2) is 0 Å². The van der Waals surface area contributed by atoms with Crippen molar-refractivity contribution in [1.29, 1.82) is 0 Å². The normalized spacial score (nSPS) is 36.5. The molecule has 0 radical (unpaired) electrons. The van der Waals surface area contributed by atoms with Crippen molar-refractivity contribution in [3.8, 4) is 0 Å². The molecule has 1 heterocycles. The van der Waals surface area contributed by atoms with Gasteiger partial charge in [0.1, 0.15) is 0 Å². The van der Waals surface area contributed by atoms with Gasteiger partial charge < -0.3 is 11.1 Å². The first-order chi connectivity index (χ1) is 10.0. The summed E-state index contributed by atoms with van der Waals surface area (Å²) in [6.45, 7) is 9.03. The van der Waals surface area contributed by atoms with Crippen LogP contribution >= 0.6 is 12.4 Å². The minimum absolute atomic E-state index is 0. The molecule has 2 aliphatic rings. The molecule has 1 saturated carbocycles. The Kier molecular flexibility index (Phi) is 8.15. The van der Waals surface area contributed by atoms with Gasteiger partial charge in [-0.2, -0.15) is 0 Å². The van der Waals surface area contributed by atoms with Gasteiger partial charge in [0.25, 0.3) is 0 Å². The topological polar surface area (TPSA) is 58.4 Å². The predicted octanol–water partition coefficient (Wildman–Crippen LogP) is 2.41. The molecule has 0 spiro atoms. The Hall–Kier alpha value is -0.320. The fourth-order valence-electron chi connectivity index (χ4n) is 4.13. The lowest BCUT2D eigenvalue weighted by atomic mass is 9.78. The van der Waals surface area contributed by atoms with Crippen molar-refractivity contribution < 1.29 is 4.79 Å². The van der Waals surface area contributed by atoms with Gasteiger partial charge >= 0.3 is 0 Å². The van der Waals surface area contributed by atoms with E-state index < -0.39 is 0 Å². The van der Waals surface area contributed by atoms with E-state index in [9.17, 15) is 4.79 Å². The molecule has 2 rings (SSSR count). The van der Waals surface area contributed by atoms with Crippen LogP contribution in [0, 0.1) is 17.8 Å². The maximum Gasteiger partial charge on any atom is 0.234 e. The maximum atomic E-state index is 12.4. The first-order valence-electron chi connectivity index (χ1n) is 8.76. The summed E-state index contributed by atoms with van der Waals surface area (Å²) in [5, 5.41) is 3.28. The van der Waals surface area contributed by atoms with E-state index in [0.29, 0.717) is 37.0 Å². The molecule has 5 heteroatoms. The van der Waals surface area contributed by atoms with Crippen molar-refractivity contribution >= 4 is 18.3 Å². The van der Waals surface area contributed by atoms with E-state index >= 15 is 0 Å². The van der Waals surface area contributed by atoms with E-state index in [1.807, 2.05) is 0 Å². The van der Waals surface area contributed by atoms with E-state index in [0.717, 1.165) is 18.9 Å². The Labute approximate surface area is 142 Å². The summed E-state index contributed by atoms with van der Waals surface area (Å²) in [4.78, 5) is 14.7. The van der Waals surface area contributed by atoms with Crippen molar-refractivity contribution in [2.24, 2.45) is 23.5 Å². The highest BCUT2D eigenvalue weighted by atomic mass is 35.5. The summed E-state index contributed by atoms with van der Waals surface area (Å²) >= 11 is 0. The standard InChI is InChI=1S/C17H33N3O.ClH/c1-12-6-4-8-15(14(12)3)19-17(21)11-20-9-5-7-13(2)16(20)10-18;/h12-16H,4-11,18H2,1-3H3,(H,19,21);1H. The van der Waals surface area contributed by atoms with Gasteiger partial charge in [0.05, 0.1) is 6.54 Å². The molecule has 3 N–H and O–H groups in total. The number of nitrogens with two attached hydrogens (primary N) is 1. The zero-order chi connectivity index (χ0) is 15.4. The largest absolute Gasteiger partial charge is 0.352 e. The average Bonchev–Trinajstić information content (AvgIpc) is 2.44. The van der Waals surface area contributed by atoms with Gasteiger partial charge in [0, 0.05) is 18.6 Å². The van der Waals surface area contributed by atoms with Gasteiger partial charge in [0.2, 0.25) is 5.91 Å². The third-order valence-electron chi connectivity index (χ3n) is 5.87. The predicted molar refractivity (Wildman–Crippen MR) is 94.2 cm³/mol. The number of nitrogens with one attached hydrogen (secondary N) is 1. The zero-order valence-corrected chi connectivity index (χ0v) is 15.2. The molecular formula is C17H34ClN3O. The summed E-state index contributed by atoms with van der Waals surface area (Å²) in [6.07, 6.45) is 6.09. The average molecular weight is 332 g/mol. The van der Waals surface area contributed by atoms with Crippen molar-refractivity contribution in [3.05, 3.63) is 0 Å². The smallest absolute Gasteiger partial charge is 0.234 e. The van der Waals surface area contributed by atoms with Crippen LogP contribution in [0.15, 0.2) is 0 Å². The van der Waals surface area contributed by atoms with E-state index in [4.69, 9.17) is 5.73 Å². The van der Waals surface area contributed by atoms with Gasteiger partial charge in [0.15, 0.2) is 0 Å². The molecule has 22 heavy (non-hydrogen) atoms. The highest BCUT2D eigenvalue weighted by Gasteiger charge is 2.31. The molecule has 1 aliphatic heterocycles. The number of carbonyl (C=O) groups is 1. The van der Waals surface area contributed by atoms with Crippen LogP contribution in [0.2, 0.25) is 0 Å². The third-order valence-corrected chi connectivity index (χ3v) is 5.87. The highest BCUT2D eigenvalue weighted by molar-refractivity contribution is 5.85. The number of likely N-dealkylation sites (tertiary alicyclic amines) is 1. The van der Waals surface area contributed by atoms with Crippen LogP contribution in [0.3, 0.4) is 0 Å². The highest BCUT2D eigenvalue weighted by Crippen LogP contribution is 2.29. The monoisotopic (exact) mass is 331 g/mol. The van der Waals surface area contributed by atoms with Crippen LogP contribution in [0.25, 0.3) is 0 Å². The lowest BCUT2D eigenvalue weighted by Crippen LogP contribution is -2.53. The van der Waals surface area contributed by atoms with Gasteiger partial charge in [-0.05, 0) is 43.6 Å². The number of carbonyl (C=O) groups excluding carboxylic acids is 1. The second kappa shape index (κ2) is 9.09. The Bertz CT molecular complexity index is 353. The van der Waals surface area contributed by atoms with Gasteiger partial charge in [-0.1, -0.05) is 33.6 Å². The molecule has 5 atom stereocenters. The molecule has 130 valence electrons. The van der Waals surface area contributed by atoms with E-state index in [-0.39, 0.29) is 18.3 Å². The Morgan fingerprint density at radius 3 is 2.50 bits per heavy atom. The molecule has 1 aliphatic carbocycles. The minimum atomic E-state index is 0. The van der Waals surface area contributed by atoms with Crippen LogP contribution in [0.4, 0.5) is 0 Å². The molecule has 0 aromatic carbocycles. The quantitative estimate of drug-likeness (QED) is 0.831. The van der Waals surface area contributed by atoms with Crippen LogP contribution in [0.5, 0.6) is 0 Å². The molecule has 0 aromatic rings. The molecular weight excluding hydrogens is 298 g/mol. The summed E-state index contributed by atoms with van der Waals surface area (Å²) in [6, 6.07) is 0.729. The van der Waals surface area contributed by atoms with E-state index in [1.54, 1.807) is 0 Å². The number of halogens is 1. The number of rotatable bonds is 4. The SMILES string of the molecule is CC1CCCC(NC(=O)CN2CCCC(C)C2CN)C1C.Cl. The van der Waals surface area contributed by atoms with Crippen molar-refractivity contribution in [2.45, 2.75) is 65.0 Å². The van der Waals surface area contributed by atoms with Gasteiger partial charge in [-0.15, -0.1) is 12.4 Å². The summed E-state index contributed by atoms with van der Waals surface area (Å²) in [7, 11) is 0. The molecule has 5 unspecified atom stereocenters. The Balaban J connectivity index is 0.00000242. The molecule has 2 fully saturated rings. The zero-order valence-electron chi connectivity index (χ0n) is 14.4. The van der Waals surface area contributed by atoms with Crippen molar-refractivity contribution in [3.63, 3.8) is 0 Å². The first kappa shape index (κ1) is 19.7. The molecule has 4 nitrogen and oxygen atoms in total. The summed E-state index contributed by atoms with van der Waals surface area (Å²) < 4.78 is 0. The Morgan fingerprint density at radius 2 is 1.82 bits per heavy atom. The second-order valence-corrected chi connectivity index (χ2v) is 7.33. The lowest BCUT2D eigenvalue weighted by Gasteiger charge is -2.40. The minimum Gasteiger partial charge on any atom is -0.352 e. The number of nitrogens with zero attached hydrogens (tertiary/aromatic N) is 1. The molecule has 1 amide bonds. The first-order valence-corrected chi connectivity index (χ1v) is 8.76. The lowest BCUT2D eigenvalue weighted by molar-refractivity contribution is -0.124. The molecule has 1 saturated heterocycles. The van der Waals surface area contributed by atoms with Crippen LogP contribution < -0.4 is 11.1 Å².